The Bertz CT molecular complexity index is 566. The van der Waals surface area contributed by atoms with Gasteiger partial charge in [-0.25, -0.2) is 0 Å². The summed E-state index contributed by atoms with van der Waals surface area (Å²) in [7, 11) is 0. The molecule has 3 N–H and O–H groups in total. The van der Waals surface area contributed by atoms with E-state index in [1.165, 1.54) is 11.5 Å². The molecule has 0 bridgehead atoms. The van der Waals surface area contributed by atoms with Crippen LogP contribution >= 0.6 is 11.5 Å². The second-order valence-electron chi connectivity index (χ2n) is 4.90. The van der Waals surface area contributed by atoms with Gasteiger partial charge in [0.2, 0.25) is 0 Å². The van der Waals surface area contributed by atoms with Crippen LogP contribution in [0.25, 0.3) is 11.1 Å². The van der Waals surface area contributed by atoms with Crippen molar-refractivity contribution in [2.45, 2.75) is 31.9 Å². The molecule has 0 radical (unpaired) electrons. The van der Waals surface area contributed by atoms with E-state index < -0.39 is 0 Å². The number of rotatable bonds is 5. The van der Waals surface area contributed by atoms with Crippen LogP contribution in [-0.4, -0.2) is 28.1 Å². The Morgan fingerprint density at radius 1 is 1.40 bits per heavy atom. The molecule has 0 amide bonds. The third-order valence-corrected chi connectivity index (χ3v) is 4.31. The quantitative estimate of drug-likeness (QED) is 0.886. The molecule has 0 spiro atoms. The number of anilines is 2. The fourth-order valence-electron chi connectivity index (χ4n) is 2.44. The van der Waals surface area contributed by atoms with Gasteiger partial charge in [0.1, 0.15) is 10.8 Å². The number of nitrogens with zero attached hydrogens (tertiary/aromatic N) is 2. The molecule has 2 aromatic rings. The van der Waals surface area contributed by atoms with Gasteiger partial charge in [-0.3, -0.25) is 4.98 Å². The van der Waals surface area contributed by atoms with Crippen LogP contribution in [0.1, 0.15) is 19.8 Å². The number of hydrogen-bond acceptors (Lipinski definition) is 6. The highest BCUT2D eigenvalue weighted by Crippen LogP contribution is 2.38. The Balaban J connectivity index is 1.72. The standard InChI is InChI=1S/C14H18N4OS/c1-2-19-11-7-10(8-11)17-14-12(13(15)18-20-14)9-3-5-16-6-4-9/h3-6,10-11,17H,2,7-8H2,1H3,(H2,15,18). The maximum Gasteiger partial charge on any atom is 0.147 e. The zero-order valence-electron chi connectivity index (χ0n) is 11.4. The van der Waals surface area contributed by atoms with Gasteiger partial charge in [0.15, 0.2) is 0 Å². The van der Waals surface area contributed by atoms with Crippen LogP contribution in [0.4, 0.5) is 10.8 Å². The monoisotopic (exact) mass is 290 g/mol. The largest absolute Gasteiger partial charge is 0.382 e. The highest BCUT2D eigenvalue weighted by Gasteiger charge is 2.30. The second kappa shape index (κ2) is 5.76. The first-order valence-electron chi connectivity index (χ1n) is 6.81. The Morgan fingerprint density at radius 3 is 2.85 bits per heavy atom. The normalized spacial score (nSPS) is 21.4. The zero-order valence-corrected chi connectivity index (χ0v) is 12.2. The number of aromatic nitrogens is 2. The summed E-state index contributed by atoms with van der Waals surface area (Å²) >= 11 is 1.42. The van der Waals surface area contributed by atoms with E-state index in [1.807, 2.05) is 19.1 Å². The molecule has 2 heterocycles. The van der Waals surface area contributed by atoms with Crippen LogP contribution in [-0.2, 0) is 4.74 Å². The van der Waals surface area contributed by atoms with E-state index in [-0.39, 0.29) is 0 Å². The highest BCUT2D eigenvalue weighted by atomic mass is 32.1. The summed E-state index contributed by atoms with van der Waals surface area (Å²) in [5.74, 6) is 0.574. The molecule has 0 atom stereocenters. The summed E-state index contributed by atoms with van der Waals surface area (Å²) < 4.78 is 9.85. The number of nitrogen functional groups attached to an aromatic ring is 1. The third kappa shape index (κ3) is 2.62. The molecule has 106 valence electrons. The zero-order chi connectivity index (χ0) is 13.9. The third-order valence-electron chi connectivity index (χ3n) is 3.52. The van der Waals surface area contributed by atoms with Gasteiger partial charge in [-0.15, -0.1) is 0 Å². The second-order valence-corrected chi connectivity index (χ2v) is 5.67. The molecular weight excluding hydrogens is 272 g/mol. The first-order chi connectivity index (χ1) is 9.78. The van der Waals surface area contributed by atoms with Gasteiger partial charge in [0, 0.05) is 25.0 Å². The number of pyridine rings is 1. The van der Waals surface area contributed by atoms with Gasteiger partial charge in [0.25, 0.3) is 0 Å². The molecule has 2 aromatic heterocycles. The molecule has 1 saturated carbocycles. The molecule has 20 heavy (non-hydrogen) atoms. The van der Waals surface area contributed by atoms with Crippen LogP contribution in [0.2, 0.25) is 0 Å². The van der Waals surface area contributed by atoms with Crippen molar-refractivity contribution < 1.29 is 4.74 Å². The minimum atomic E-state index is 0.396. The van der Waals surface area contributed by atoms with Crippen LogP contribution in [0.15, 0.2) is 24.5 Å². The van der Waals surface area contributed by atoms with Gasteiger partial charge in [-0.2, -0.15) is 4.37 Å². The van der Waals surface area contributed by atoms with Gasteiger partial charge in [-0.05, 0) is 49.0 Å². The molecule has 3 rings (SSSR count). The lowest BCUT2D eigenvalue weighted by Gasteiger charge is -2.35. The lowest BCUT2D eigenvalue weighted by molar-refractivity contribution is 0.00306. The average molecular weight is 290 g/mol. The van der Waals surface area contributed by atoms with Crippen molar-refractivity contribution in [2.75, 3.05) is 17.7 Å². The molecule has 0 unspecified atom stereocenters. The van der Waals surface area contributed by atoms with E-state index in [2.05, 4.69) is 14.7 Å². The summed E-state index contributed by atoms with van der Waals surface area (Å²) in [6, 6.07) is 4.36. The minimum Gasteiger partial charge on any atom is -0.382 e. The molecular formula is C14H18N4OS. The number of nitrogens with two attached hydrogens (primary N) is 1. The Morgan fingerprint density at radius 2 is 2.15 bits per heavy atom. The van der Waals surface area contributed by atoms with Crippen LogP contribution in [0.5, 0.6) is 0 Å². The number of ether oxygens (including phenoxy) is 1. The minimum absolute atomic E-state index is 0.396. The van der Waals surface area contributed by atoms with Crippen LogP contribution in [0, 0.1) is 0 Å². The maximum atomic E-state index is 6.00. The van der Waals surface area contributed by atoms with Crippen molar-refractivity contribution in [2.24, 2.45) is 0 Å². The smallest absolute Gasteiger partial charge is 0.147 e. The van der Waals surface area contributed by atoms with Gasteiger partial charge in [0.05, 0.1) is 11.7 Å². The number of nitrogens with one attached hydrogen (secondary N) is 1. The lowest BCUT2D eigenvalue weighted by Crippen LogP contribution is -2.40. The lowest BCUT2D eigenvalue weighted by atomic mass is 9.89. The fourth-order valence-corrected chi connectivity index (χ4v) is 3.25. The average Bonchev–Trinajstić information content (AvgIpc) is 2.78. The van der Waals surface area contributed by atoms with Crippen LogP contribution < -0.4 is 11.1 Å². The van der Waals surface area contributed by atoms with Crippen LogP contribution in [0.3, 0.4) is 0 Å². The number of hydrogen-bond donors (Lipinski definition) is 2. The summed E-state index contributed by atoms with van der Waals surface area (Å²) in [5, 5.41) is 4.57. The predicted octanol–water partition coefficient (Wildman–Crippen LogP) is 2.77. The van der Waals surface area contributed by atoms with E-state index in [4.69, 9.17) is 10.5 Å². The Kier molecular flexibility index (Phi) is 3.84. The van der Waals surface area contributed by atoms with Crippen molar-refractivity contribution in [1.29, 1.82) is 0 Å². The molecule has 1 aliphatic carbocycles. The Labute approximate surface area is 122 Å². The fraction of sp³-hybridized carbons (Fsp3) is 0.429. The van der Waals surface area contributed by atoms with E-state index in [0.29, 0.717) is 18.0 Å². The summed E-state index contributed by atoms with van der Waals surface area (Å²) in [6.45, 7) is 2.82. The van der Waals surface area contributed by atoms with Crippen molar-refractivity contribution in [1.82, 2.24) is 9.36 Å². The van der Waals surface area contributed by atoms with E-state index in [1.54, 1.807) is 12.4 Å². The van der Waals surface area contributed by atoms with Crippen molar-refractivity contribution in [3.63, 3.8) is 0 Å². The molecule has 0 saturated heterocycles. The Hall–Kier alpha value is -1.66. The molecule has 1 fully saturated rings. The van der Waals surface area contributed by atoms with Crippen molar-refractivity contribution >= 4 is 22.4 Å². The SMILES string of the molecule is CCOC1CC(Nc2snc(N)c2-c2ccncc2)C1. The molecule has 6 heteroatoms. The molecule has 0 aromatic carbocycles. The first kappa shape index (κ1) is 13.3. The van der Waals surface area contributed by atoms with E-state index >= 15 is 0 Å². The molecule has 5 nitrogen and oxygen atoms in total. The molecule has 0 aliphatic heterocycles. The van der Waals surface area contributed by atoms with Gasteiger partial charge >= 0.3 is 0 Å². The topological polar surface area (TPSA) is 73.1 Å². The summed E-state index contributed by atoms with van der Waals surface area (Å²) in [5.41, 5.74) is 8.03. The van der Waals surface area contributed by atoms with Gasteiger partial charge in [-0.1, -0.05) is 0 Å². The predicted molar refractivity (Wildman–Crippen MR) is 81.8 cm³/mol. The molecule has 1 aliphatic rings. The maximum absolute atomic E-state index is 6.00. The first-order valence-corrected chi connectivity index (χ1v) is 7.59. The van der Waals surface area contributed by atoms with Gasteiger partial charge < -0.3 is 15.8 Å². The van der Waals surface area contributed by atoms with Crippen molar-refractivity contribution in [3.05, 3.63) is 24.5 Å². The summed E-state index contributed by atoms with van der Waals surface area (Å²) in [4.78, 5) is 4.04. The summed E-state index contributed by atoms with van der Waals surface area (Å²) in [6.07, 6.45) is 6.02. The van der Waals surface area contributed by atoms with Crippen molar-refractivity contribution in [3.8, 4) is 11.1 Å². The van der Waals surface area contributed by atoms with E-state index in [0.717, 1.165) is 35.6 Å². The van der Waals surface area contributed by atoms with E-state index in [9.17, 15) is 0 Å². The highest BCUT2D eigenvalue weighted by molar-refractivity contribution is 7.11.